The van der Waals surface area contributed by atoms with E-state index in [1.165, 1.54) is 7.05 Å². The Morgan fingerprint density at radius 1 is 1.47 bits per heavy atom. The monoisotopic (exact) mass is 243 g/mol. The molecule has 8 heteroatoms. The van der Waals surface area contributed by atoms with E-state index < -0.39 is 29.5 Å². The molecule has 0 bridgehead atoms. The first kappa shape index (κ1) is 14.1. The zero-order valence-corrected chi connectivity index (χ0v) is 8.86. The molecule has 0 saturated carbocycles. The Morgan fingerprint density at radius 3 is 2.20 bits per heavy atom. The average molecular weight is 243 g/mol. The van der Waals surface area contributed by atoms with Gasteiger partial charge in [-0.25, -0.2) is 0 Å². The van der Waals surface area contributed by atoms with E-state index in [4.69, 9.17) is 11.5 Å². The minimum absolute atomic E-state index is 0.269. The summed E-state index contributed by atoms with van der Waals surface area (Å²) in [5.41, 5.74) is 9.80. The van der Waals surface area contributed by atoms with E-state index in [1.54, 1.807) is 0 Å². The van der Waals surface area contributed by atoms with E-state index in [1.807, 2.05) is 0 Å². The number of nitrogens with zero attached hydrogens (tertiary/aromatic N) is 1. The highest BCUT2D eigenvalue weighted by Gasteiger charge is 2.42. The van der Waals surface area contributed by atoms with E-state index in [2.05, 4.69) is 12.2 Å². The molecule has 0 aromatic carbocycles. The number of amides is 1. The fraction of sp³-hybridized carbons (Fsp3) is 0.714. The molecule has 0 aromatic heterocycles. The summed E-state index contributed by atoms with van der Waals surface area (Å²) >= 11 is 4.31. The van der Waals surface area contributed by atoms with E-state index in [9.17, 15) is 18.0 Å². The van der Waals surface area contributed by atoms with Gasteiger partial charge in [0.05, 0.1) is 11.5 Å². The predicted molar refractivity (Wildman–Crippen MR) is 53.0 cm³/mol. The molecule has 15 heavy (non-hydrogen) atoms. The third-order valence-corrected chi connectivity index (χ3v) is 1.94. The third-order valence-electron chi connectivity index (χ3n) is 1.66. The zero-order chi connectivity index (χ0) is 12.2. The summed E-state index contributed by atoms with van der Waals surface area (Å²) in [6, 6.07) is 0. The molecule has 1 atom stereocenters. The van der Waals surface area contributed by atoms with Crippen LogP contribution in [-0.4, -0.2) is 42.1 Å². The number of hydrogen-bond donors (Lipinski definition) is 2. The molecule has 0 aliphatic carbocycles. The first-order valence-corrected chi connectivity index (χ1v) is 4.38. The van der Waals surface area contributed by atoms with Gasteiger partial charge in [0.25, 0.3) is 0 Å². The molecule has 0 radical (unpaired) electrons. The van der Waals surface area contributed by atoms with E-state index >= 15 is 0 Å². The van der Waals surface area contributed by atoms with Crippen molar-refractivity contribution in [2.45, 2.75) is 6.18 Å². The molecule has 0 heterocycles. The van der Waals surface area contributed by atoms with Crippen LogP contribution in [0.1, 0.15) is 0 Å². The number of carbonyl (C=O) groups is 1. The van der Waals surface area contributed by atoms with Gasteiger partial charge in [0.1, 0.15) is 5.92 Å². The number of alkyl halides is 3. The van der Waals surface area contributed by atoms with E-state index in [0.29, 0.717) is 0 Å². The van der Waals surface area contributed by atoms with Crippen molar-refractivity contribution in [1.82, 2.24) is 4.90 Å². The predicted octanol–water partition coefficient (Wildman–Crippen LogP) is -0.132. The molecule has 0 fully saturated rings. The molecule has 0 spiro atoms. The van der Waals surface area contributed by atoms with Crippen LogP contribution in [-0.2, 0) is 4.79 Å². The van der Waals surface area contributed by atoms with Gasteiger partial charge in [-0.3, -0.25) is 9.69 Å². The van der Waals surface area contributed by atoms with Crippen LogP contribution >= 0.6 is 12.2 Å². The lowest BCUT2D eigenvalue weighted by Crippen LogP contribution is -2.44. The summed E-state index contributed by atoms with van der Waals surface area (Å²) in [4.78, 5) is 10.9. The zero-order valence-electron chi connectivity index (χ0n) is 8.04. The minimum atomic E-state index is -4.50. The van der Waals surface area contributed by atoms with Gasteiger partial charge in [-0.2, -0.15) is 13.2 Å². The molecule has 1 unspecified atom stereocenters. The molecule has 4 N–H and O–H groups in total. The summed E-state index contributed by atoms with van der Waals surface area (Å²) in [5, 5.41) is 0. The topological polar surface area (TPSA) is 72.3 Å². The number of thiocarbonyl (C=S) groups is 1. The minimum Gasteiger partial charge on any atom is -0.393 e. The molecular formula is C7H12F3N3OS. The number of primary amides is 1. The van der Waals surface area contributed by atoms with Gasteiger partial charge in [0, 0.05) is 6.54 Å². The quantitative estimate of drug-likeness (QED) is 0.660. The van der Waals surface area contributed by atoms with Crippen LogP contribution in [0.25, 0.3) is 0 Å². The smallest absolute Gasteiger partial charge is 0.393 e. The number of carbonyl (C=O) groups excluding carboxylic acids is 1. The number of likely N-dealkylation sites (N-methyl/N-ethyl adjacent to an activating group) is 1. The lowest BCUT2D eigenvalue weighted by atomic mass is 10.1. The molecule has 0 saturated heterocycles. The first-order valence-electron chi connectivity index (χ1n) is 3.97. The lowest BCUT2D eigenvalue weighted by Gasteiger charge is -2.24. The molecule has 0 aromatic rings. The highest BCUT2D eigenvalue weighted by Crippen LogP contribution is 2.26. The van der Waals surface area contributed by atoms with Gasteiger partial charge >= 0.3 is 6.18 Å². The molecular weight excluding hydrogens is 231 g/mol. The van der Waals surface area contributed by atoms with Gasteiger partial charge in [-0.15, -0.1) is 0 Å². The molecule has 0 aliphatic rings. The van der Waals surface area contributed by atoms with Crippen molar-refractivity contribution in [2.75, 3.05) is 20.1 Å². The Hall–Kier alpha value is -0.890. The molecule has 1 amide bonds. The van der Waals surface area contributed by atoms with Crippen LogP contribution < -0.4 is 11.5 Å². The SMILES string of the molecule is CN(CC(N)=O)CC(C(N)=S)C(F)(F)F. The van der Waals surface area contributed by atoms with Crippen molar-refractivity contribution < 1.29 is 18.0 Å². The van der Waals surface area contributed by atoms with Crippen LogP contribution in [0.3, 0.4) is 0 Å². The summed E-state index contributed by atoms with van der Waals surface area (Å²) in [5.74, 6) is -2.63. The van der Waals surface area contributed by atoms with Crippen molar-refractivity contribution in [2.24, 2.45) is 17.4 Å². The van der Waals surface area contributed by atoms with Crippen LogP contribution in [0.4, 0.5) is 13.2 Å². The fourth-order valence-electron chi connectivity index (χ4n) is 0.997. The summed E-state index contributed by atoms with van der Waals surface area (Å²) in [6.07, 6.45) is -4.50. The highest BCUT2D eigenvalue weighted by molar-refractivity contribution is 7.80. The van der Waals surface area contributed by atoms with Gasteiger partial charge in [-0.05, 0) is 7.05 Å². The van der Waals surface area contributed by atoms with Gasteiger partial charge in [0.15, 0.2) is 0 Å². The van der Waals surface area contributed by atoms with Crippen molar-refractivity contribution in [3.8, 4) is 0 Å². The lowest BCUT2D eigenvalue weighted by molar-refractivity contribution is -0.159. The first-order chi connectivity index (χ1) is 6.64. The second-order valence-corrected chi connectivity index (χ2v) is 3.63. The summed E-state index contributed by atoms with van der Waals surface area (Å²) < 4.78 is 37.1. The van der Waals surface area contributed by atoms with Crippen LogP contribution in [0.5, 0.6) is 0 Å². The van der Waals surface area contributed by atoms with E-state index in [0.717, 1.165) is 4.90 Å². The standard InChI is InChI=1S/C7H12F3N3OS/c1-13(3-5(11)14)2-4(6(12)15)7(8,9)10/h4H,2-3H2,1H3,(H2,11,14)(H2,12,15). The Bertz CT molecular complexity index is 256. The molecule has 88 valence electrons. The maximum absolute atomic E-state index is 12.4. The summed E-state index contributed by atoms with van der Waals surface area (Å²) in [6.45, 7) is -0.739. The van der Waals surface area contributed by atoms with Crippen LogP contribution in [0, 0.1) is 5.92 Å². The van der Waals surface area contributed by atoms with Crippen molar-refractivity contribution in [1.29, 1.82) is 0 Å². The highest BCUT2D eigenvalue weighted by atomic mass is 32.1. The molecule has 0 aliphatic heterocycles. The van der Waals surface area contributed by atoms with Crippen molar-refractivity contribution >= 4 is 23.1 Å². The Kier molecular flexibility index (Phi) is 4.95. The van der Waals surface area contributed by atoms with Gasteiger partial charge in [0.2, 0.25) is 5.91 Å². The maximum Gasteiger partial charge on any atom is 0.399 e. The van der Waals surface area contributed by atoms with Crippen LogP contribution in [0.15, 0.2) is 0 Å². The number of rotatable bonds is 5. The largest absolute Gasteiger partial charge is 0.399 e. The van der Waals surface area contributed by atoms with E-state index in [-0.39, 0.29) is 6.54 Å². The number of nitrogens with two attached hydrogens (primary N) is 2. The van der Waals surface area contributed by atoms with Crippen molar-refractivity contribution in [3.05, 3.63) is 0 Å². The van der Waals surface area contributed by atoms with Gasteiger partial charge in [-0.1, -0.05) is 12.2 Å². The molecule has 0 rings (SSSR count). The summed E-state index contributed by atoms with van der Waals surface area (Å²) in [7, 11) is 1.34. The Balaban J connectivity index is 4.43. The second-order valence-electron chi connectivity index (χ2n) is 3.16. The van der Waals surface area contributed by atoms with Gasteiger partial charge < -0.3 is 11.5 Å². The number of hydrogen-bond acceptors (Lipinski definition) is 3. The Morgan fingerprint density at radius 2 is 1.93 bits per heavy atom. The second kappa shape index (κ2) is 5.26. The van der Waals surface area contributed by atoms with Crippen LogP contribution in [0.2, 0.25) is 0 Å². The fourth-order valence-corrected chi connectivity index (χ4v) is 1.21. The average Bonchev–Trinajstić information content (AvgIpc) is 1.95. The number of halogens is 3. The van der Waals surface area contributed by atoms with Crippen molar-refractivity contribution in [3.63, 3.8) is 0 Å². The molecule has 4 nitrogen and oxygen atoms in total. The normalized spacial score (nSPS) is 13.9. The third kappa shape index (κ3) is 5.53. The Labute approximate surface area is 90.4 Å². The maximum atomic E-state index is 12.4.